The number of methoxy groups -OCH3 is 1. The average molecular weight is 323 g/mol. The zero-order chi connectivity index (χ0) is 16.9. The Morgan fingerprint density at radius 1 is 1.13 bits per heavy atom. The predicted molar refractivity (Wildman–Crippen MR) is 82.7 cm³/mol. The van der Waals surface area contributed by atoms with Gasteiger partial charge in [-0.15, -0.1) is 0 Å². The third-order valence-corrected chi connectivity index (χ3v) is 3.45. The average Bonchev–Trinajstić information content (AvgIpc) is 2.59. The molecule has 0 unspecified atom stereocenters. The molecule has 0 radical (unpaired) electrons. The minimum atomic E-state index is -3.41. The van der Waals surface area contributed by atoms with Crippen molar-refractivity contribution in [3.05, 3.63) is 59.7 Å². The fraction of sp³-hybridized carbons (Fsp3) is 0.294. The van der Waals surface area contributed by atoms with Gasteiger partial charge in [0.05, 0.1) is 13.2 Å². The van der Waals surface area contributed by atoms with Crippen molar-refractivity contribution in [2.75, 3.05) is 13.7 Å². The number of alkyl halides is 2. The van der Waals surface area contributed by atoms with Gasteiger partial charge in [-0.3, -0.25) is 0 Å². The molecule has 0 aliphatic carbocycles. The maximum absolute atomic E-state index is 13.5. The molecule has 0 aliphatic heterocycles. The molecule has 0 heterocycles. The number of hydrogen-bond acceptors (Lipinski definition) is 4. The second-order valence-electron chi connectivity index (χ2n) is 5.08. The first-order valence-corrected chi connectivity index (χ1v) is 7.07. The standard InChI is InChI=1S/C17H19F2NO3/c1-22-14-8-7-13(16(20)17(18,19)11-21)9-15(14)23-10-12-5-3-2-4-6-12/h2-9,16,21H,10-11,20H2,1H3/t16-/m1/s1. The lowest BCUT2D eigenvalue weighted by molar-refractivity contribution is -0.0712. The Hall–Kier alpha value is -2.18. The number of nitrogens with two attached hydrogens (primary N) is 1. The summed E-state index contributed by atoms with van der Waals surface area (Å²) >= 11 is 0. The molecule has 4 nitrogen and oxygen atoms in total. The summed E-state index contributed by atoms with van der Waals surface area (Å²) in [4.78, 5) is 0. The van der Waals surface area contributed by atoms with Gasteiger partial charge < -0.3 is 20.3 Å². The fourth-order valence-electron chi connectivity index (χ4n) is 2.08. The van der Waals surface area contributed by atoms with Crippen LogP contribution < -0.4 is 15.2 Å². The molecule has 0 aromatic heterocycles. The lowest BCUT2D eigenvalue weighted by Gasteiger charge is -2.22. The first-order chi connectivity index (χ1) is 11.0. The highest BCUT2D eigenvalue weighted by Crippen LogP contribution is 2.35. The molecule has 0 fully saturated rings. The Morgan fingerprint density at radius 2 is 1.83 bits per heavy atom. The number of rotatable bonds is 7. The van der Waals surface area contributed by atoms with E-state index in [-0.39, 0.29) is 12.2 Å². The Labute approximate surface area is 133 Å². The topological polar surface area (TPSA) is 64.7 Å². The Bertz CT molecular complexity index is 635. The molecule has 6 heteroatoms. The van der Waals surface area contributed by atoms with Crippen molar-refractivity contribution in [3.63, 3.8) is 0 Å². The van der Waals surface area contributed by atoms with Gasteiger partial charge in [-0.25, -0.2) is 8.78 Å². The van der Waals surface area contributed by atoms with Crippen LogP contribution in [0.3, 0.4) is 0 Å². The third-order valence-electron chi connectivity index (χ3n) is 3.45. The van der Waals surface area contributed by atoms with E-state index >= 15 is 0 Å². The molecule has 2 rings (SSSR count). The van der Waals surface area contributed by atoms with Gasteiger partial charge in [-0.1, -0.05) is 36.4 Å². The van der Waals surface area contributed by atoms with Gasteiger partial charge in [0.2, 0.25) is 0 Å². The van der Waals surface area contributed by atoms with E-state index in [0.717, 1.165) is 5.56 Å². The van der Waals surface area contributed by atoms with E-state index < -0.39 is 18.6 Å². The van der Waals surface area contributed by atoms with E-state index in [2.05, 4.69) is 0 Å². The zero-order valence-corrected chi connectivity index (χ0v) is 12.7. The van der Waals surface area contributed by atoms with Crippen LogP contribution in [0.25, 0.3) is 0 Å². The molecule has 2 aromatic carbocycles. The Morgan fingerprint density at radius 3 is 2.43 bits per heavy atom. The molecule has 23 heavy (non-hydrogen) atoms. The van der Waals surface area contributed by atoms with E-state index in [1.807, 2.05) is 30.3 Å². The largest absolute Gasteiger partial charge is 0.493 e. The summed E-state index contributed by atoms with van der Waals surface area (Å²) in [5.41, 5.74) is 6.64. The van der Waals surface area contributed by atoms with Gasteiger partial charge in [-0.2, -0.15) is 0 Å². The van der Waals surface area contributed by atoms with Crippen LogP contribution in [0.2, 0.25) is 0 Å². The van der Waals surface area contributed by atoms with Gasteiger partial charge in [0, 0.05) is 0 Å². The molecule has 0 saturated carbocycles. The maximum atomic E-state index is 13.5. The van der Waals surface area contributed by atoms with Crippen molar-refractivity contribution in [1.82, 2.24) is 0 Å². The second-order valence-corrected chi connectivity index (χ2v) is 5.08. The summed E-state index contributed by atoms with van der Waals surface area (Å²) < 4.78 is 37.9. The summed E-state index contributed by atoms with van der Waals surface area (Å²) in [6.07, 6.45) is 0. The van der Waals surface area contributed by atoms with Crippen LogP contribution in [0.4, 0.5) is 8.78 Å². The number of ether oxygens (including phenoxy) is 2. The SMILES string of the molecule is COc1ccc([C@@H](N)C(F)(F)CO)cc1OCc1ccccc1. The number of aliphatic hydroxyl groups excluding tert-OH is 1. The second kappa shape index (κ2) is 7.39. The van der Waals surface area contributed by atoms with Crippen LogP contribution in [0.15, 0.2) is 48.5 Å². The normalized spacial score (nSPS) is 12.7. The Kier molecular flexibility index (Phi) is 5.52. The molecule has 124 valence electrons. The molecule has 0 aliphatic rings. The van der Waals surface area contributed by atoms with Crippen molar-refractivity contribution in [2.45, 2.75) is 18.6 Å². The van der Waals surface area contributed by atoms with E-state index in [4.69, 9.17) is 20.3 Å². The monoisotopic (exact) mass is 323 g/mol. The van der Waals surface area contributed by atoms with Gasteiger partial charge in [0.25, 0.3) is 5.92 Å². The molecular weight excluding hydrogens is 304 g/mol. The summed E-state index contributed by atoms with van der Waals surface area (Å²) in [6, 6.07) is 12.2. The zero-order valence-electron chi connectivity index (χ0n) is 12.7. The van der Waals surface area contributed by atoms with Crippen molar-refractivity contribution < 1.29 is 23.4 Å². The summed E-state index contributed by atoms with van der Waals surface area (Å²) in [6.45, 7) is -1.05. The van der Waals surface area contributed by atoms with Gasteiger partial charge in [-0.05, 0) is 23.3 Å². The Balaban J connectivity index is 2.22. The lowest BCUT2D eigenvalue weighted by atomic mass is 10.0. The van der Waals surface area contributed by atoms with Crippen LogP contribution >= 0.6 is 0 Å². The molecule has 0 amide bonds. The van der Waals surface area contributed by atoms with E-state index in [0.29, 0.717) is 11.5 Å². The number of benzene rings is 2. The van der Waals surface area contributed by atoms with E-state index in [1.54, 1.807) is 0 Å². The van der Waals surface area contributed by atoms with Crippen LogP contribution in [-0.4, -0.2) is 24.7 Å². The van der Waals surface area contributed by atoms with Gasteiger partial charge >= 0.3 is 0 Å². The number of hydrogen-bond donors (Lipinski definition) is 2. The van der Waals surface area contributed by atoms with Crippen molar-refractivity contribution in [1.29, 1.82) is 0 Å². The molecule has 1 atom stereocenters. The van der Waals surface area contributed by atoms with Gasteiger partial charge in [0.15, 0.2) is 11.5 Å². The van der Waals surface area contributed by atoms with Crippen LogP contribution in [0.1, 0.15) is 17.2 Å². The van der Waals surface area contributed by atoms with E-state index in [9.17, 15) is 8.78 Å². The number of aliphatic hydroxyl groups is 1. The third kappa shape index (κ3) is 4.18. The quantitative estimate of drug-likeness (QED) is 0.822. The van der Waals surface area contributed by atoms with Crippen LogP contribution in [0.5, 0.6) is 11.5 Å². The maximum Gasteiger partial charge on any atom is 0.289 e. The summed E-state index contributed by atoms with van der Waals surface area (Å²) in [5, 5.41) is 8.76. The lowest BCUT2D eigenvalue weighted by Crippen LogP contribution is -2.36. The van der Waals surface area contributed by atoms with Crippen LogP contribution in [0, 0.1) is 0 Å². The van der Waals surface area contributed by atoms with Crippen molar-refractivity contribution >= 4 is 0 Å². The first-order valence-electron chi connectivity index (χ1n) is 7.07. The highest BCUT2D eigenvalue weighted by molar-refractivity contribution is 5.44. The molecule has 0 bridgehead atoms. The number of halogens is 2. The predicted octanol–water partition coefficient (Wildman–Crippen LogP) is 2.90. The minimum absolute atomic E-state index is 0.160. The summed E-state index contributed by atoms with van der Waals surface area (Å²) in [7, 11) is 1.46. The molecule has 3 N–H and O–H groups in total. The minimum Gasteiger partial charge on any atom is -0.493 e. The highest BCUT2D eigenvalue weighted by Gasteiger charge is 2.37. The summed E-state index contributed by atoms with van der Waals surface area (Å²) in [5.74, 6) is -2.67. The molecule has 0 saturated heterocycles. The van der Waals surface area contributed by atoms with Crippen LogP contribution in [-0.2, 0) is 6.61 Å². The van der Waals surface area contributed by atoms with E-state index in [1.165, 1.54) is 25.3 Å². The van der Waals surface area contributed by atoms with Crippen molar-refractivity contribution in [2.24, 2.45) is 5.73 Å². The van der Waals surface area contributed by atoms with Gasteiger partial charge in [0.1, 0.15) is 13.2 Å². The molecule has 2 aromatic rings. The highest BCUT2D eigenvalue weighted by atomic mass is 19.3. The first kappa shape index (κ1) is 17.2. The smallest absolute Gasteiger partial charge is 0.289 e. The van der Waals surface area contributed by atoms with Crippen molar-refractivity contribution in [3.8, 4) is 11.5 Å². The fourth-order valence-corrected chi connectivity index (χ4v) is 2.08. The molecule has 0 spiro atoms. The molecular formula is C17H19F2NO3.